The van der Waals surface area contributed by atoms with Crippen LogP contribution in [0.5, 0.6) is 34.5 Å². The van der Waals surface area contributed by atoms with Crippen molar-refractivity contribution < 1.29 is 33.6 Å². The number of rotatable bonds is 14. The number of methoxy groups -OCH3 is 2. The number of carbonyl (C=O) groups excluding carboxylic acids is 2. The number of hydrogen-bond acceptors (Lipinski definition) is 8. The van der Waals surface area contributed by atoms with E-state index in [2.05, 4.69) is 4.90 Å². The third kappa shape index (κ3) is 9.24. The fourth-order valence-corrected chi connectivity index (χ4v) is 4.54. The van der Waals surface area contributed by atoms with Gasteiger partial charge >= 0.3 is 0 Å². The second-order valence-electron chi connectivity index (χ2n) is 9.94. The van der Waals surface area contributed by atoms with Crippen molar-refractivity contribution in [3.8, 4) is 34.5 Å². The van der Waals surface area contributed by atoms with Gasteiger partial charge in [-0.3, -0.25) is 14.5 Å². The molecule has 8 nitrogen and oxygen atoms in total. The maximum atomic E-state index is 12.4. The van der Waals surface area contributed by atoms with E-state index in [4.69, 9.17) is 18.9 Å². The lowest BCUT2D eigenvalue weighted by molar-refractivity contribution is -0.121. The number of ether oxygens (including phenoxy) is 4. The van der Waals surface area contributed by atoms with Crippen LogP contribution in [0.15, 0.2) is 72.8 Å². The number of benzene rings is 3. The molecule has 0 aromatic heterocycles. The van der Waals surface area contributed by atoms with Gasteiger partial charge in [0.25, 0.3) is 0 Å². The van der Waals surface area contributed by atoms with Gasteiger partial charge in [-0.1, -0.05) is 30.7 Å². The number of carbonyl (C=O) groups is 2. The molecule has 0 saturated carbocycles. The number of ketones is 2. The summed E-state index contributed by atoms with van der Waals surface area (Å²) in [6.07, 6.45) is 9.50. The maximum absolute atomic E-state index is 12.4. The van der Waals surface area contributed by atoms with Gasteiger partial charge in [0, 0.05) is 6.54 Å². The zero-order chi connectivity index (χ0) is 29.7. The lowest BCUT2D eigenvalue weighted by atomic mass is 10.1. The van der Waals surface area contributed by atoms with Crippen molar-refractivity contribution in [3.05, 3.63) is 83.9 Å². The molecule has 1 heterocycles. The standard InChI is InChI=1S/C34H37NO7/c1-39-33-22-25(8-16-31(33)38)6-10-27(36)24-28(37)11-7-26-9-17-32(34(23-26)40-2)42-30-14-12-29(13-15-30)41-21-20-35-18-4-3-5-19-35/h6-17,22-23,38H,3-5,18-21,24H2,1-2H3/b10-6+,11-7+. The summed E-state index contributed by atoms with van der Waals surface area (Å²) in [4.78, 5) is 27.0. The highest BCUT2D eigenvalue weighted by molar-refractivity contribution is 6.10. The largest absolute Gasteiger partial charge is 0.504 e. The van der Waals surface area contributed by atoms with Crippen molar-refractivity contribution in [2.24, 2.45) is 0 Å². The Morgan fingerprint density at radius 2 is 1.36 bits per heavy atom. The van der Waals surface area contributed by atoms with Crippen molar-refractivity contribution in [1.29, 1.82) is 0 Å². The topological polar surface area (TPSA) is 94.5 Å². The third-order valence-electron chi connectivity index (χ3n) is 6.84. The first kappa shape index (κ1) is 30.4. The van der Waals surface area contributed by atoms with Gasteiger partial charge in [-0.2, -0.15) is 0 Å². The monoisotopic (exact) mass is 571 g/mol. The normalized spacial score (nSPS) is 13.8. The van der Waals surface area contributed by atoms with Gasteiger partial charge in [-0.25, -0.2) is 0 Å². The minimum absolute atomic E-state index is 0.00966. The second-order valence-corrected chi connectivity index (χ2v) is 9.94. The van der Waals surface area contributed by atoms with Crippen molar-refractivity contribution in [1.82, 2.24) is 4.90 Å². The molecule has 0 spiro atoms. The zero-order valence-electron chi connectivity index (χ0n) is 24.1. The van der Waals surface area contributed by atoms with Gasteiger partial charge in [-0.15, -0.1) is 0 Å². The van der Waals surface area contributed by atoms with Gasteiger partial charge in [-0.05, 0) is 97.7 Å². The van der Waals surface area contributed by atoms with E-state index in [0.717, 1.165) is 30.9 Å². The van der Waals surface area contributed by atoms with E-state index < -0.39 is 0 Å². The van der Waals surface area contributed by atoms with Gasteiger partial charge in [0.05, 0.1) is 20.6 Å². The number of phenols is 1. The summed E-state index contributed by atoms with van der Waals surface area (Å²) in [6, 6.07) is 17.5. The summed E-state index contributed by atoms with van der Waals surface area (Å²) in [5.74, 6) is 2.13. The van der Waals surface area contributed by atoms with E-state index in [0.29, 0.717) is 35.2 Å². The predicted molar refractivity (Wildman–Crippen MR) is 163 cm³/mol. The van der Waals surface area contributed by atoms with Gasteiger partial charge < -0.3 is 24.1 Å². The predicted octanol–water partition coefficient (Wildman–Crippen LogP) is 6.32. The molecule has 3 aromatic rings. The third-order valence-corrected chi connectivity index (χ3v) is 6.84. The number of allylic oxidation sites excluding steroid dienone is 2. The van der Waals surface area contributed by atoms with Crippen molar-refractivity contribution >= 4 is 23.7 Å². The molecule has 220 valence electrons. The fourth-order valence-electron chi connectivity index (χ4n) is 4.54. The number of likely N-dealkylation sites (tertiary alicyclic amines) is 1. The molecule has 42 heavy (non-hydrogen) atoms. The molecule has 8 heteroatoms. The molecule has 0 amide bonds. The quantitative estimate of drug-likeness (QED) is 0.177. The first-order valence-electron chi connectivity index (χ1n) is 14.0. The zero-order valence-corrected chi connectivity index (χ0v) is 24.1. The Hall–Kier alpha value is -4.56. The Labute approximate surface area is 246 Å². The van der Waals surface area contributed by atoms with Crippen LogP contribution in [0, 0.1) is 0 Å². The highest BCUT2D eigenvalue weighted by Gasteiger charge is 2.11. The Morgan fingerprint density at radius 3 is 2.00 bits per heavy atom. The molecule has 1 aliphatic heterocycles. The fraction of sp³-hybridized carbons (Fsp3) is 0.294. The van der Waals surface area contributed by atoms with Crippen LogP contribution in [-0.2, 0) is 9.59 Å². The molecular weight excluding hydrogens is 534 g/mol. The van der Waals surface area contributed by atoms with Crippen LogP contribution in [0.4, 0.5) is 0 Å². The van der Waals surface area contributed by atoms with Crippen LogP contribution in [0.2, 0.25) is 0 Å². The van der Waals surface area contributed by atoms with Crippen LogP contribution >= 0.6 is 0 Å². The summed E-state index contributed by atoms with van der Waals surface area (Å²) in [5, 5.41) is 9.68. The van der Waals surface area contributed by atoms with E-state index in [1.165, 1.54) is 44.6 Å². The van der Waals surface area contributed by atoms with Crippen LogP contribution in [0.3, 0.4) is 0 Å². The Kier molecular flexibility index (Phi) is 11.2. The van der Waals surface area contributed by atoms with Crippen LogP contribution in [0.1, 0.15) is 36.8 Å². The molecule has 0 unspecified atom stereocenters. The summed E-state index contributed by atoms with van der Waals surface area (Å²) >= 11 is 0. The van der Waals surface area contributed by atoms with Crippen LogP contribution in [0.25, 0.3) is 12.2 Å². The first-order valence-corrected chi connectivity index (χ1v) is 14.0. The summed E-state index contributed by atoms with van der Waals surface area (Å²) in [5.41, 5.74) is 1.40. The molecule has 0 bridgehead atoms. The Morgan fingerprint density at radius 1 is 0.762 bits per heavy atom. The molecule has 1 N–H and O–H groups in total. The number of piperidine rings is 1. The number of nitrogens with zero attached hydrogens (tertiary/aromatic N) is 1. The number of hydrogen-bond donors (Lipinski definition) is 1. The highest BCUT2D eigenvalue weighted by atomic mass is 16.5. The van der Waals surface area contributed by atoms with Gasteiger partial charge in [0.2, 0.25) is 0 Å². The minimum Gasteiger partial charge on any atom is -0.504 e. The summed E-state index contributed by atoms with van der Waals surface area (Å²) in [7, 11) is 3.00. The average Bonchev–Trinajstić information content (AvgIpc) is 3.01. The van der Waals surface area contributed by atoms with E-state index in [1.54, 1.807) is 49.6 Å². The lowest BCUT2D eigenvalue weighted by Gasteiger charge is -2.26. The maximum Gasteiger partial charge on any atom is 0.169 e. The summed E-state index contributed by atoms with van der Waals surface area (Å²) in [6.45, 7) is 3.90. The van der Waals surface area contributed by atoms with Crippen molar-refractivity contribution in [3.63, 3.8) is 0 Å². The molecule has 1 aliphatic rings. The van der Waals surface area contributed by atoms with Crippen LogP contribution in [-0.4, -0.2) is 62.0 Å². The molecule has 4 rings (SSSR count). The van der Waals surface area contributed by atoms with Gasteiger partial charge in [0.1, 0.15) is 18.1 Å². The van der Waals surface area contributed by atoms with Crippen molar-refractivity contribution in [2.75, 3.05) is 40.5 Å². The van der Waals surface area contributed by atoms with E-state index in [9.17, 15) is 14.7 Å². The first-order chi connectivity index (χ1) is 20.4. The average molecular weight is 572 g/mol. The van der Waals surface area contributed by atoms with Crippen LogP contribution < -0.4 is 18.9 Å². The molecule has 3 aromatic carbocycles. The molecular formula is C34H37NO7. The molecule has 1 fully saturated rings. The molecule has 0 radical (unpaired) electrons. The van der Waals surface area contributed by atoms with Crippen molar-refractivity contribution in [2.45, 2.75) is 25.7 Å². The highest BCUT2D eigenvalue weighted by Crippen LogP contribution is 2.33. The molecule has 0 atom stereocenters. The Balaban J connectivity index is 1.27. The second kappa shape index (κ2) is 15.4. The van der Waals surface area contributed by atoms with Gasteiger partial charge in [0.15, 0.2) is 34.6 Å². The Bertz CT molecular complexity index is 1410. The summed E-state index contributed by atoms with van der Waals surface area (Å²) < 4.78 is 22.5. The smallest absolute Gasteiger partial charge is 0.169 e. The lowest BCUT2D eigenvalue weighted by Crippen LogP contribution is -2.33. The molecule has 0 aliphatic carbocycles. The minimum atomic E-state index is -0.337. The van der Waals surface area contributed by atoms with E-state index in [1.807, 2.05) is 24.3 Å². The SMILES string of the molecule is COc1cc(/C=C/C(=O)CC(=O)/C=C/c2ccc(Oc3ccc(OCCN4CCCCC4)cc3)c(OC)c2)ccc1O. The molecule has 1 saturated heterocycles. The van der Waals surface area contributed by atoms with E-state index in [-0.39, 0.29) is 23.7 Å². The number of phenolic OH excluding ortho intramolecular Hbond substituents is 1. The van der Waals surface area contributed by atoms with E-state index >= 15 is 0 Å². The number of aromatic hydroxyl groups is 1.